The van der Waals surface area contributed by atoms with Crippen LogP contribution in [0.5, 0.6) is 5.75 Å². The van der Waals surface area contributed by atoms with Gasteiger partial charge in [0.25, 0.3) is 0 Å². The molecule has 0 fully saturated rings. The lowest BCUT2D eigenvalue weighted by Crippen LogP contribution is -2.28. The van der Waals surface area contributed by atoms with Crippen LogP contribution in [0.25, 0.3) is 22.6 Å². The molecule has 0 unspecified atom stereocenters. The van der Waals surface area contributed by atoms with Crippen LogP contribution in [0.1, 0.15) is 32.3 Å². The molecule has 1 aromatic rings. The highest BCUT2D eigenvalue weighted by Gasteiger charge is 2.19. The Hall–Kier alpha value is -2.56. The smallest absolute Gasteiger partial charge is 0.155 e. The Kier molecular flexibility index (Phi) is 4.53. The van der Waals surface area contributed by atoms with Crippen molar-refractivity contribution >= 4 is 16.8 Å². The molecule has 0 saturated carbocycles. The molecule has 1 aromatic carbocycles. The molecule has 1 aliphatic carbocycles. The summed E-state index contributed by atoms with van der Waals surface area (Å²) in [5.41, 5.74) is 5.16. The summed E-state index contributed by atoms with van der Waals surface area (Å²) in [5, 5.41) is 0.795. The first-order chi connectivity index (χ1) is 12.7. The minimum atomic E-state index is 0.666. The molecular weight excluding hydrogens is 326 g/mol. The summed E-state index contributed by atoms with van der Waals surface area (Å²) in [4.78, 5) is 11.6. The van der Waals surface area contributed by atoms with Crippen molar-refractivity contribution in [3.63, 3.8) is 0 Å². The lowest BCUT2D eigenvalue weighted by atomic mass is 10.0. The molecule has 3 aliphatic rings. The summed E-state index contributed by atoms with van der Waals surface area (Å²) in [6.45, 7) is 7.07. The van der Waals surface area contributed by atoms with Gasteiger partial charge in [0.05, 0.1) is 6.61 Å². The summed E-state index contributed by atoms with van der Waals surface area (Å²) < 4.78 is 12.0. The van der Waals surface area contributed by atoms with Crippen LogP contribution < -0.4 is 15.0 Å². The normalized spacial score (nSPS) is 14.9. The second-order valence-corrected chi connectivity index (χ2v) is 6.71. The molecule has 136 valence electrons. The molecule has 0 saturated heterocycles. The SMILES string of the molecule is CCCOc1cc2nc3cc4c(cc3oc-2c/c1=N\C)N(CC)CCC4. The number of anilines is 1. The lowest BCUT2D eigenvalue weighted by Gasteiger charge is -2.30. The highest BCUT2D eigenvalue weighted by Crippen LogP contribution is 2.34. The van der Waals surface area contributed by atoms with Crippen molar-refractivity contribution in [2.24, 2.45) is 4.99 Å². The number of nitrogens with zero attached hydrogens (tertiary/aromatic N) is 3. The molecule has 5 heteroatoms. The van der Waals surface area contributed by atoms with Crippen LogP contribution in [-0.2, 0) is 6.42 Å². The predicted octanol–water partition coefficient (Wildman–Crippen LogP) is 4.02. The van der Waals surface area contributed by atoms with Crippen molar-refractivity contribution in [1.82, 2.24) is 4.98 Å². The first-order valence-electron chi connectivity index (χ1n) is 9.45. The summed E-state index contributed by atoms with van der Waals surface area (Å²) in [5.74, 6) is 1.50. The fourth-order valence-electron chi connectivity index (χ4n) is 3.63. The summed E-state index contributed by atoms with van der Waals surface area (Å²) in [6, 6.07) is 8.18. The van der Waals surface area contributed by atoms with E-state index in [0.29, 0.717) is 6.61 Å². The zero-order valence-electron chi connectivity index (χ0n) is 15.7. The number of rotatable bonds is 4. The molecule has 26 heavy (non-hydrogen) atoms. The van der Waals surface area contributed by atoms with E-state index in [9.17, 15) is 0 Å². The van der Waals surface area contributed by atoms with Gasteiger partial charge in [-0.25, -0.2) is 4.98 Å². The molecule has 5 nitrogen and oxygen atoms in total. The minimum Gasteiger partial charge on any atom is -0.491 e. The van der Waals surface area contributed by atoms with Gasteiger partial charge in [-0.1, -0.05) is 6.92 Å². The highest BCUT2D eigenvalue weighted by atomic mass is 16.5. The Bertz CT molecular complexity index is 977. The maximum absolute atomic E-state index is 6.20. The lowest BCUT2D eigenvalue weighted by molar-refractivity contribution is 0.313. The quantitative estimate of drug-likeness (QED) is 0.666. The van der Waals surface area contributed by atoms with Crippen LogP contribution in [0.2, 0.25) is 0 Å². The van der Waals surface area contributed by atoms with Crippen molar-refractivity contribution in [3.8, 4) is 17.2 Å². The molecule has 0 aromatic heterocycles. The van der Waals surface area contributed by atoms with Crippen LogP contribution in [0.4, 0.5) is 5.69 Å². The molecule has 0 spiro atoms. The van der Waals surface area contributed by atoms with Gasteiger partial charge in [-0.2, -0.15) is 0 Å². The third-order valence-corrected chi connectivity index (χ3v) is 4.96. The number of benzene rings is 2. The van der Waals surface area contributed by atoms with E-state index in [1.165, 1.54) is 17.7 Å². The Labute approximate surface area is 153 Å². The molecule has 2 aliphatic heterocycles. The van der Waals surface area contributed by atoms with Gasteiger partial charge in [-0.15, -0.1) is 0 Å². The monoisotopic (exact) mass is 351 g/mol. The average molecular weight is 351 g/mol. The molecule has 2 heterocycles. The van der Waals surface area contributed by atoms with Crippen molar-refractivity contribution in [3.05, 3.63) is 35.2 Å². The van der Waals surface area contributed by atoms with Crippen LogP contribution in [0.15, 0.2) is 33.7 Å². The molecule has 0 radical (unpaired) electrons. The van der Waals surface area contributed by atoms with Gasteiger partial charge in [0, 0.05) is 44.0 Å². The Balaban J connectivity index is 1.89. The van der Waals surface area contributed by atoms with Crippen LogP contribution in [0, 0.1) is 0 Å². The Morgan fingerprint density at radius 1 is 1.23 bits per heavy atom. The fraction of sp³-hybridized carbons (Fsp3) is 0.429. The predicted molar refractivity (Wildman–Crippen MR) is 104 cm³/mol. The van der Waals surface area contributed by atoms with Gasteiger partial charge in [-0.3, -0.25) is 4.99 Å². The second-order valence-electron chi connectivity index (χ2n) is 6.71. The fourth-order valence-corrected chi connectivity index (χ4v) is 3.63. The van der Waals surface area contributed by atoms with E-state index >= 15 is 0 Å². The van der Waals surface area contributed by atoms with Gasteiger partial charge in [0.15, 0.2) is 11.3 Å². The summed E-state index contributed by atoms with van der Waals surface area (Å²) in [7, 11) is 1.77. The van der Waals surface area contributed by atoms with E-state index in [1.54, 1.807) is 7.05 Å². The van der Waals surface area contributed by atoms with Crippen molar-refractivity contribution in [2.45, 2.75) is 33.1 Å². The van der Waals surface area contributed by atoms with E-state index < -0.39 is 0 Å². The number of hydrogen-bond acceptors (Lipinski definition) is 5. The summed E-state index contributed by atoms with van der Waals surface area (Å²) in [6.07, 6.45) is 3.24. The van der Waals surface area contributed by atoms with Gasteiger partial charge in [-0.05, 0) is 37.8 Å². The van der Waals surface area contributed by atoms with E-state index in [2.05, 4.69) is 35.9 Å². The van der Waals surface area contributed by atoms with Crippen molar-refractivity contribution < 1.29 is 9.15 Å². The van der Waals surface area contributed by atoms with E-state index in [1.807, 2.05) is 12.1 Å². The molecule has 0 atom stereocenters. The number of ether oxygens (including phenoxy) is 1. The summed E-state index contributed by atoms with van der Waals surface area (Å²) >= 11 is 0. The van der Waals surface area contributed by atoms with Gasteiger partial charge >= 0.3 is 0 Å². The minimum absolute atomic E-state index is 0.666. The standard InChI is InChI=1S/C21H25N3O2/c1-4-9-25-19-12-17-20(11-15(19)22-3)26-21-13-18-14(10-16(21)23-17)7-6-8-24(18)5-2/h10-13H,4-9H2,1-3H3/b22-15+. The Morgan fingerprint density at radius 3 is 2.88 bits per heavy atom. The first kappa shape index (κ1) is 16.9. The average Bonchev–Trinajstić information content (AvgIpc) is 2.67. The molecule has 0 amide bonds. The maximum Gasteiger partial charge on any atom is 0.155 e. The number of hydrogen-bond donors (Lipinski definition) is 0. The van der Waals surface area contributed by atoms with Crippen molar-refractivity contribution in [2.75, 3.05) is 31.6 Å². The van der Waals surface area contributed by atoms with Crippen LogP contribution in [0.3, 0.4) is 0 Å². The van der Waals surface area contributed by atoms with E-state index in [0.717, 1.165) is 59.6 Å². The largest absolute Gasteiger partial charge is 0.491 e. The third-order valence-electron chi connectivity index (χ3n) is 4.96. The molecule has 0 bridgehead atoms. The van der Waals surface area contributed by atoms with Gasteiger partial charge in [0.2, 0.25) is 0 Å². The molecule has 4 rings (SSSR count). The first-order valence-corrected chi connectivity index (χ1v) is 9.45. The third kappa shape index (κ3) is 2.91. The number of aryl methyl sites for hydroxylation is 1. The van der Waals surface area contributed by atoms with E-state index in [-0.39, 0.29) is 0 Å². The Morgan fingerprint density at radius 2 is 2.12 bits per heavy atom. The zero-order valence-corrected chi connectivity index (χ0v) is 15.7. The zero-order chi connectivity index (χ0) is 18.1. The number of aromatic nitrogens is 1. The molecular formula is C21H25N3O2. The van der Waals surface area contributed by atoms with Gasteiger partial charge < -0.3 is 14.1 Å². The number of fused-ring (bicyclic) bond motifs is 3. The highest BCUT2D eigenvalue weighted by molar-refractivity contribution is 5.82. The second kappa shape index (κ2) is 6.98. The van der Waals surface area contributed by atoms with Crippen LogP contribution in [-0.4, -0.2) is 31.7 Å². The van der Waals surface area contributed by atoms with Crippen molar-refractivity contribution in [1.29, 1.82) is 0 Å². The van der Waals surface area contributed by atoms with Crippen LogP contribution >= 0.6 is 0 Å². The molecule has 0 N–H and O–H groups in total. The topological polar surface area (TPSA) is 50.9 Å². The maximum atomic E-state index is 6.20. The van der Waals surface area contributed by atoms with Gasteiger partial charge in [0.1, 0.15) is 22.3 Å². The van der Waals surface area contributed by atoms with E-state index in [4.69, 9.17) is 14.1 Å².